The van der Waals surface area contributed by atoms with E-state index in [4.69, 9.17) is 4.74 Å². The summed E-state index contributed by atoms with van der Waals surface area (Å²) in [5, 5.41) is 2.74. The molecule has 1 atom stereocenters. The summed E-state index contributed by atoms with van der Waals surface area (Å²) < 4.78 is 18.7. The van der Waals surface area contributed by atoms with E-state index in [9.17, 15) is 14.0 Å². The number of nitrogens with zero attached hydrogens (tertiary/aromatic N) is 2. The molecule has 3 rings (SSSR count). The minimum Gasteiger partial charge on any atom is -0.481 e. The number of carbonyl (C=O) groups excluding carboxylic acids is 2. The van der Waals surface area contributed by atoms with Gasteiger partial charge in [0.15, 0.2) is 0 Å². The summed E-state index contributed by atoms with van der Waals surface area (Å²) in [6.07, 6.45) is 1.57. The van der Waals surface area contributed by atoms with Gasteiger partial charge in [0.05, 0.1) is 24.9 Å². The summed E-state index contributed by atoms with van der Waals surface area (Å²) in [5.74, 6) is -0.894. The van der Waals surface area contributed by atoms with Crippen LogP contribution in [0.2, 0.25) is 0 Å². The molecule has 2 heterocycles. The van der Waals surface area contributed by atoms with Gasteiger partial charge in [-0.3, -0.25) is 9.59 Å². The number of methoxy groups -OCH3 is 1. The fourth-order valence-electron chi connectivity index (χ4n) is 2.70. The van der Waals surface area contributed by atoms with Crippen LogP contribution < -0.4 is 15.0 Å². The number of hydrogen-bond acceptors (Lipinski definition) is 4. The molecule has 1 aliphatic rings. The van der Waals surface area contributed by atoms with Gasteiger partial charge in [-0.2, -0.15) is 0 Å². The number of pyridine rings is 1. The maximum absolute atomic E-state index is 13.7. The number of amides is 2. The van der Waals surface area contributed by atoms with E-state index in [0.717, 1.165) is 0 Å². The number of carbonyl (C=O) groups is 2. The summed E-state index contributed by atoms with van der Waals surface area (Å²) in [7, 11) is 1.51. The molecule has 1 aromatic heterocycles. The van der Waals surface area contributed by atoms with Gasteiger partial charge in [-0.15, -0.1) is 0 Å². The smallest absolute Gasteiger partial charge is 0.229 e. The van der Waals surface area contributed by atoms with Crippen molar-refractivity contribution in [2.24, 2.45) is 5.92 Å². The van der Waals surface area contributed by atoms with E-state index in [1.54, 1.807) is 31.2 Å². The Morgan fingerprint density at radius 3 is 2.80 bits per heavy atom. The Labute approximate surface area is 144 Å². The molecule has 2 amide bonds. The maximum Gasteiger partial charge on any atom is 0.229 e. The van der Waals surface area contributed by atoms with Crippen LogP contribution in [0.5, 0.6) is 5.88 Å². The minimum atomic E-state index is -0.501. The lowest BCUT2D eigenvalue weighted by atomic mass is 10.1. The largest absolute Gasteiger partial charge is 0.481 e. The van der Waals surface area contributed by atoms with Crippen molar-refractivity contribution in [1.29, 1.82) is 0 Å². The maximum atomic E-state index is 13.7. The zero-order valence-corrected chi connectivity index (χ0v) is 14.0. The highest BCUT2D eigenvalue weighted by atomic mass is 19.1. The molecule has 0 radical (unpaired) electrons. The van der Waals surface area contributed by atoms with Gasteiger partial charge in [-0.1, -0.05) is 6.07 Å². The fourth-order valence-corrected chi connectivity index (χ4v) is 2.70. The second-order valence-corrected chi connectivity index (χ2v) is 5.92. The van der Waals surface area contributed by atoms with Crippen LogP contribution >= 0.6 is 0 Å². The first kappa shape index (κ1) is 16.9. The van der Waals surface area contributed by atoms with Gasteiger partial charge < -0.3 is 15.0 Å². The van der Waals surface area contributed by atoms with Crippen LogP contribution in [0.4, 0.5) is 15.8 Å². The molecule has 2 aromatic rings. The summed E-state index contributed by atoms with van der Waals surface area (Å²) in [6.45, 7) is 1.88. The third kappa shape index (κ3) is 3.60. The van der Waals surface area contributed by atoms with Crippen LogP contribution in [0.3, 0.4) is 0 Å². The first-order valence-corrected chi connectivity index (χ1v) is 7.85. The second-order valence-electron chi connectivity index (χ2n) is 5.92. The van der Waals surface area contributed by atoms with Crippen molar-refractivity contribution in [3.05, 3.63) is 47.9 Å². The van der Waals surface area contributed by atoms with Crippen LogP contribution in [0, 0.1) is 18.7 Å². The molecule has 1 saturated heterocycles. The molecule has 25 heavy (non-hydrogen) atoms. The van der Waals surface area contributed by atoms with Crippen molar-refractivity contribution in [2.75, 3.05) is 23.9 Å². The molecule has 0 bridgehead atoms. The molecular weight excluding hydrogens is 325 g/mol. The van der Waals surface area contributed by atoms with Crippen molar-refractivity contribution in [2.45, 2.75) is 13.3 Å². The van der Waals surface area contributed by atoms with E-state index in [1.165, 1.54) is 24.3 Å². The lowest BCUT2D eigenvalue weighted by Gasteiger charge is -2.17. The Hall–Kier alpha value is -2.96. The third-order valence-corrected chi connectivity index (χ3v) is 4.18. The average molecular weight is 343 g/mol. The van der Waals surface area contributed by atoms with E-state index < -0.39 is 5.92 Å². The van der Waals surface area contributed by atoms with Gasteiger partial charge in [0.1, 0.15) is 5.82 Å². The summed E-state index contributed by atoms with van der Waals surface area (Å²) >= 11 is 0. The quantitative estimate of drug-likeness (QED) is 0.926. The van der Waals surface area contributed by atoms with Crippen molar-refractivity contribution < 1.29 is 18.7 Å². The third-order valence-electron chi connectivity index (χ3n) is 4.18. The van der Waals surface area contributed by atoms with Gasteiger partial charge in [0.2, 0.25) is 17.7 Å². The second kappa shape index (κ2) is 6.88. The standard InChI is InChI=1S/C18H18FN3O3/c1-11-3-5-14(8-15(11)19)22-10-12(7-17(22)23)18(24)21-13-4-6-16(25-2)20-9-13/h3-6,8-9,12H,7,10H2,1-2H3,(H,21,24)/t12-/m1/s1. The Bertz CT molecular complexity index is 808. The number of hydrogen-bond donors (Lipinski definition) is 1. The molecule has 0 unspecified atom stereocenters. The average Bonchev–Trinajstić information content (AvgIpc) is 3.00. The number of ether oxygens (including phenoxy) is 1. The summed E-state index contributed by atoms with van der Waals surface area (Å²) in [4.78, 5) is 30.1. The molecule has 6 nitrogen and oxygen atoms in total. The van der Waals surface area contributed by atoms with Gasteiger partial charge >= 0.3 is 0 Å². The lowest BCUT2D eigenvalue weighted by Crippen LogP contribution is -2.28. The van der Waals surface area contributed by atoms with Crippen LogP contribution in [-0.2, 0) is 9.59 Å². The Morgan fingerprint density at radius 2 is 2.16 bits per heavy atom. The Morgan fingerprint density at radius 1 is 1.36 bits per heavy atom. The number of aromatic nitrogens is 1. The molecule has 1 aliphatic heterocycles. The van der Waals surface area contributed by atoms with E-state index in [1.807, 2.05) is 0 Å². The molecule has 1 fully saturated rings. The monoisotopic (exact) mass is 343 g/mol. The number of anilines is 2. The van der Waals surface area contributed by atoms with Crippen LogP contribution in [0.25, 0.3) is 0 Å². The molecule has 0 saturated carbocycles. The number of benzene rings is 1. The molecule has 0 spiro atoms. The predicted octanol–water partition coefficient (Wildman–Crippen LogP) is 2.53. The van der Waals surface area contributed by atoms with Crippen molar-refractivity contribution in [1.82, 2.24) is 4.98 Å². The fraction of sp³-hybridized carbons (Fsp3) is 0.278. The SMILES string of the molecule is COc1ccc(NC(=O)[C@@H]2CC(=O)N(c3ccc(C)c(F)c3)C2)cn1. The molecule has 7 heteroatoms. The van der Waals surface area contributed by atoms with E-state index in [-0.39, 0.29) is 30.6 Å². The zero-order chi connectivity index (χ0) is 18.0. The van der Waals surface area contributed by atoms with E-state index in [0.29, 0.717) is 22.8 Å². The minimum absolute atomic E-state index is 0.0882. The zero-order valence-electron chi connectivity index (χ0n) is 14.0. The highest BCUT2D eigenvalue weighted by Crippen LogP contribution is 2.27. The molecule has 1 aromatic carbocycles. The molecule has 1 N–H and O–H groups in total. The topological polar surface area (TPSA) is 71.5 Å². The number of aryl methyl sites for hydroxylation is 1. The predicted molar refractivity (Wildman–Crippen MR) is 91.0 cm³/mol. The Balaban J connectivity index is 1.68. The lowest BCUT2D eigenvalue weighted by molar-refractivity contribution is -0.122. The highest BCUT2D eigenvalue weighted by Gasteiger charge is 2.35. The molecular formula is C18H18FN3O3. The van der Waals surface area contributed by atoms with Crippen molar-refractivity contribution in [3.8, 4) is 5.88 Å². The summed E-state index contributed by atoms with van der Waals surface area (Å²) in [5.41, 5.74) is 1.50. The van der Waals surface area contributed by atoms with Crippen LogP contribution in [-0.4, -0.2) is 30.5 Å². The normalized spacial score (nSPS) is 16.8. The summed E-state index contributed by atoms with van der Waals surface area (Å²) in [6, 6.07) is 7.93. The Kier molecular flexibility index (Phi) is 4.65. The van der Waals surface area contributed by atoms with Crippen LogP contribution in [0.15, 0.2) is 36.5 Å². The van der Waals surface area contributed by atoms with Crippen molar-refractivity contribution in [3.63, 3.8) is 0 Å². The van der Waals surface area contributed by atoms with Gasteiger partial charge in [-0.25, -0.2) is 9.37 Å². The molecule has 0 aliphatic carbocycles. The van der Waals surface area contributed by atoms with Gasteiger partial charge in [0.25, 0.3) is 0 Å². The number of halogens is 1. The van der Waals surface area contributed by atoms with E-state index >= 15 is 0 Å². The van der Waals surface area contributed by atoms with E-state index in [2.05, 4.69) is 10.3 Å². The van der Waals surface area contributed by atoms with Crippen molar-refractivity contribution >= 4 is 23.2 Å². The highest BCUT2D eigenvalue weighted by molar-refractivity contribution is 6.03. The molecule has 130 valence electrons. The van der Waals surface area contributed by atoms with Gasteiger partial charge in [0, 0.05) is 24.7 Å². The first-order valence-electron chi connectivity index (χ1n) is 7.85. The van der Waals surface area contributed by atoms with Crippen LogP contribution in [0.1, 0.15) is 12.0 Å². The van der Waals surface area contributed by atoms with Gasteiger partial charge in [-0.05, 0) is 30.7 Å². The number of rotatable bonds is 4. The number of nitrogens with one attached hydrogen (secondary N) is 1. The first-order chi connectivity index (χ1) is 12.0.